The van der Waals surface area contributed by atoms with Crippen molar-refractivity contribution in [1.29, 1.82) is 0 Å². The molecule has 3 aromatic rings. The monoisotopic (exact) mass is 527 g/mol. The van der Waals surface area contributed by atoms with Crippen molar-refractivity contribution in [3.63, 3.8) is 0 Å². The molecule has 0 saturated carbocycles. The van der Waals surface area contributed by atoms with Crippen molar-refractivity contribution in [2.75, 3.05) is 13.2 Å². The molecule has 1 saturated heterocycles. The van der Waals surface area contributed by atoms with Gasteiger partial charge < -0.3 is 9.47 Å². The van der Waals surface area contributed by atoms with Crippen LogP contribution in [0, 0.1) is 5.82 Å². The lowest BCUT2D eigenvalue weighted by molar-refractivity contribution is -0.181. The Morgan fingerprint density at radius 1 is 0.892 bits per heavy atom. The number of halogens is 7. The highest BCUT2D eigenvalue weighted by Crippen LogP contribution is 2.39. The van der Waals surface area contributed by atoms with Crippen LogP contribution < -0.4 is 0 Å². The van der Waals surface area contributed by atoms with E-state index in [1.54, 1.807) is 0 Å². The predicted molar refractivity (Wildman–Crippen MR) is 122 cm³/mol. The van der Waals surface area contributed by atoms with E-state index in [1.807, 2.05) is 35.2 Å². The molecule has 0 spiro atoms. The van der Waals surface area contributed by atoms with E-state index in [1.165, 1.54) is 24.3 Å². The molecule has 10 heteroatoms. The zero-order valence-electron chi connectivity index (χ0n) is 19.3. The molecule has 0 amide bonds. The maximum Gasteiger partial charge on any atom is 0.416 e. The number of alkyl halides is 6. The average molecular weight is 527 g/mol. The highest BCUT2D eigenvalue weighted by Gasteiger charge is 2.39. The summed E-state index contributed by atoms with van der Waals surface area (Å²) in [5.41, 5.74) is -1.89. The van der Waals surface area contributed by atoms with Gasteiger partial charge in [0, 0.05) is 18.7 Å². The lowest BCUT2D eigenvalue weighted by Gasteiger charge is -2.41. The lowest BCUT2D eigenvalue weighted by Crippen LogP contribution is -2.45. The fourth-order valence-electron chi connectivity index (χ4n) is 4.13. The van der Waals surface area contributed by atoms with Crippen LogP contribution in [-0.4, -0.2) is 24.3 Å². The summed E-state index contributed by atoms with van der Waals surface area (Å²) < 4.78 is 105. The van der Waals surface area contributed by atoms with E-state index in [2.05, 4.69) is 6.58 Å². The molecule has 1 fully saturated rings. The van der Waals surface area contributed by atoms with Crippen molar-refractivity contribution in [2.24, 2.45) is 0 Å². The van der Waals surface area contributed by atoms with Crippen LogP contribution in [0.2, 0.25) is 0 Å². The summed E-state index contributed by atoms with van der Waals surface area (Å²) in [5.74, 6) is -0.893. The molecule has 0 radical (unpaired) electrons. The molecule has 0 aliphatic carbocycles. The smallest absolute Gasteiger partial charge is 0.416 e. The van der Waals surface area contributed by atoms with Gasteiger partial charge in [-0.15, -0.1) is 0 Å². The van der Waals surface area contributed by atoms with Gasteiger partial charge in [-0.05, 0) is 41.5 Å². The lowest BCUT2D eigenvalue weighted by atomic mass is 10.0. The topological polar surface area (TPSA) is 21.7 Å². The summed E-state index contributed by atoms with van der Waals surface area (Å²) >= 11 is 0. The molecule has 37 heavy (non-hydrogen) atoms. The summed E-state index contributed by atoms with van der Waals surface area (Å²) in [6.07, 6.45) is -11.2. The van der Waals surface area contributed by atoms with Gasteiger partial charge in [-0.3, -0.25) is 4.90 Å². The Kier molecular flexibility index (Phi) is 7.61. The summed E-state index contributed by atoms with van der Waals surface area (Å²) in [5, 5.41) is 0. The molecule has 196 valence electrons. The van der Waals surface area contributed by atoms with Gasteiger partial charge in [0.05, 0.1) is 23.8 Å². The van der Waals surface area contributed by atoms with Crippen LogP contribution in [0.25, 0.3) is 5.76 Å². The Hall–Kier alpha value is -3.37. The van der Waals surface area contributed by atoms with Crippen molar-refractivity contribution >= 4 is 5.76 Å². The average Bonchev–Trinajstić information content (AvgIpc) is 2.84. The van der Waals surface area contributed by atoms with Gasteiger partial charge in [-0.2, -0.15) is 26.3 Å². The minimum absolute atomic E-state index is 0.0385. The fraction of sp³-hybridized carbons (Fsp3) is 0.259. The van der Waals surface area contributed by atoms with Gasteiger partial charge in [0.1, 0.15) is 11.6 Å². The predicted octanol–water partition coefficient (Wildman–Crippen LogP) is 7.45. The zero-order valence-corrected chi connectivity index (χ0v) is 19.3. The summed E-state index contributed by atoms with van der Waals surface area (Å²) in [6, 6.07) is 15.4. The Morgan fingerprint density at radius 3 is 2.05 bits per heavy atom. The molecule has 4 rings (SSSR count). The number of hydrogen-bond acceptors (Lipinski definition) is 3. The SMILES string of the molecule is [14CH2]=C(O[C@H]1OCCN(Cc2ccccc2)[C@H]1c1ccc(F)cc1)c1cc(C(F)(F)F)cc(C(F)(F)F)c1. The van der Waals surface area contributed by atoms with Gasteiger partial charge in [-0.25, -0.2) is 4.39 Å². The first-order valence-corrected chi connectivity index (χ1v) is 11.2. The molecule has 3 nitrogen and oxygen atoms in total. The molecule has 2 atom stereocenters. The van der Waals surface area contributed by atoms with Crippen LogP contribution in [0.15, 0.2) is 79.4 Å². The highest BCUT2D eigenvalue weighted by molar-refractivity contribution is 5.60. The molecular formula is C27H22F7NO2. The van der Waals surface area contributed by atoms with Gasteiger partial charge in [-0.1, -0.05) is 49.0 Å². The van der Waals surface area contributed by atoms with Crippen LogP contribution in [0.1, 0.15) is 33.9 Å². The Bertz CT molecular complexity index is 1190. The maximum atomic E-state index is 13.6. The minimum atomic E-state index is -5.01. The van der Waals surface area contributed by atoms with Gasteiger partial charge in [0.15, 0.2) is 0 Å². The molecule has 1 aliphatic rings. The van der Waals surface area contributed by atoms with Crippen molar-refractivity contribution < 1.29 is 40.2 Å². The van der Waals surface area contributed by atoms with E-state index in [0.29, 0.717) is 30.8 Å². The molecule has 1 heterocycles. The summed E-state index contributed by atoms with van der Waals surface area (Å²) in [7, 11) is 0. The quantitative estimate of drug-likeness (QED) is 0.246. The third-order valence-electron chi connectivity index (χ3n) is 5.92. The first-order chi connectivity index (χ1) is 17.4. The summed E-state index contributed by atoms with van der Waals surface area (Å²) in [6.45, 7) is 4.67. The van der Waals surface area contributed by atoms with E-state index >= 15 is 0 Å². The van der Waals surface area contributed by atoms with Crippen LogP contribution >= 0.6 is 0 Å². The van der Waals surface area contributed by atoms with Crippen LogP contribution in [-0.2, 0) is 28.4 Å². The number of benzene rings is 3. The molecule has 0 aromatic heterocycles. The van der Waals surface area contributed by atoms with E-state index in [9.17, 15) is 30.7 Å². The molecular weight excluding hydrogens is 505 g/mol. The molecule has 0 N–H and O–H groups in total. The maximum absolute atomic E-state index is 13.6. The van der Waals surface area contributed by atoms with E-state index in [4.69, 9.17) is 9.47 Å². The number of morpholine rings is 1. The van der Waals surface area contributed by atoms with Crippen molar-refractivity contribution in [2.45, 2.75) is 31.2 Å². The van der Waals surface area contributed by atoms with Gasteiger partial charge >= 0.3 is 12.4 Å². The normalized spacial score (nSPS) is 19.0. The van der Waals surface area contributed by atoms with Crippen molar-refractivity contribution in [1.82, 2.24) is 4.90 Å². The second-order valence-electron chi connectivity index (χ2n) is 8.53. The summed E-state index contributed by atoms with van der Waals surface area (Å²) in [4.78, 5) is 1.98. The number of nitrogens with zero attached hydrogens (tertiary/aromatic N) is 1. The second-order valence-corrected chi connectivity index (χ2v) is 8.53. The van der Waals surface area contributed by atoms with Crippen LogP contribution in [0.4, 0.5) is 30.7 Å². The fourth-order valence-corrected chi connectivity index (χ4v) is 4.13. The number of ether oxygens (including phenoxy) is 2. The third-order valence-corrected chi connectivity index (χ3v) is 5.92. The molecule has 1 aliphatic heterocycles. The first kappa shape index (κ1) is 26.7. The second kappa shape index (κ2) is 10.5. The largest absolute Gasteiger partial charge is 0.463 e. The Morgan fingerprint density at radius 2 is 1.49 bits per heavy atom. The van der Waals surface area contributed by atoms with Crippen LogP contribution in [0.3, 0.4) is 0 Å². The third kappa shape index (κ3) is 6.50. The molecule has 0 unspecified atom stereocenters. The Labute approximate surface area is 208 Å². The molecule has 0 bridgehead atoms. The Balaban J connectivity index is 1.67. The highest BCUT2D eigenvalue weighted by atomic mass is 19.4. The van der Waals surface area contributed by atoms with E-state index in [0.717, 1.165) is 5.56 Å². The first-order valence-electron chi connectivity index (χ1n) is 11.2. The molecule has 3 aromatic carbocycles. The standard InChI is InChI=1S/C27H22F7NO2/c1-17(20-13-21(26(29,30)31)15-22(14-20)27(32,33)34)37-25-24(19-7-9-23(28)10-8-19)35(11-12-36-25)16-18-5-3-2-4-6-18/h2-10,13-15,24-25H,1,11-12,16H2/t24-,25+/m0/s1/i1+2. The minimum Gasteiger partial charge on any atom is -0.463 e. The van der Waals surface area contributed by atoms with Gasteiger partial charge in [0.25, 0.3) is 0 Å². The zero-order chi connectivity index (χ0) is 26.8. The van der Waals surface area contributed by atoms with E-state index in [-0.39, 0.29) is 12.7 Å². The number of rotatable bonds is 6. The number of hydrogen-bond donors (Lipinski definition) is 0. The van der Waals surface area contributed by atoms with Crippen molar-refractivity contribution in [3.05, 3.63) is 113 Å². The van der Waals surface area contributed by atoms with Crippen molar-refractivity contribution in [3.8, 4) is 0 Å². The van der Waals surface area contributed by atoms with Gasteiger partial charge in [0.2, 0.25) is 6.29 Å². The van der Waals surface area contributed by atoms with Crippen LogP contribution in [0.5, 0.6) is 0 Å². The van der Waals surface area contributed by atoms with E-state index < -0.39 is 53.0 Å².